The monoisotopic (exact) mass is 293 g/mol. The van der Waals surface area contributed by atoms with Crippen molar-refractivity contribution in [3.63, 3.8) is 0 Å². The fraction of sp³-hybridized carbons (Fsp3) is 0.429. The number of aryl methyl sites for hydroxylation is 1. The summed E-state index contributed by atoms with van der Waals surface area (Å²) in [6.07, 6.45) is 1.89. The number of imidazole rings is 1. The van der Waals surface area contributed by atoms with Crippen molar-refractivity contribution in [1.82, 2.24) is 9.55 Å². The second kappa shape index (κ2) is 6.09. The van der Waals surface area contributed by atoms with Crippen LogP contribution in [-0.2, 0) is 13.0 Å². The van der Waals surface area contributed by atoms with E-state index in [1.807, 2.05) is 16.7 Å². The summed E-state index contributed by atoms with van der Waals surface area (Å²) < 4.78 is 12.7. The number of benzene rings is 1. The van der Waals surface area contributed by atoms with Crippen molar-refractivity contribution in [2.75, 3.05) is 14.2 Å². The van der Waals surface area contributed by atoms with Crippen LogP contribution in [0.15, 0.2) is 12.1 Å². The lowest BCUT2D eigenvalue weighted by molar-refractivity contribution is 0.355. The van der Waals surface area contributed by atoms with Gasteiger partial charge in [0.25, 0.3) is 0 Å². The van der Waals surface area contributed by atoms with Crippen LogP contribution in [0.5, 0.6) is 11.5 Å². The van der Waals surface area contributed by atoms with Crippen LogP contribution in [0.4, 0.5) is 0 Å². The molecule has 2 rings (SSSR count). The lowest BCUT2D eigenvalue weighted by atomic mass is 10.2. The van der Waals surface area contributed by atoms with Crippen molar-refractivity contribution in [3.8, 4) is 11.5 Å². The Morgan fingerprint density at radius 1 is 1.30 bits per heavy atom. The Balaban J connectivity index is 2.64. The van der Waals surface area contributed by atoms with Crippen LogP contribution in [0.3, 0.4) is 0 Å². The highest BCUT2D eigenvalue weighted by atomic mass is 32.1. The van der Waals surface area contributed by atoms with Gasteiger partial charge in [-0.1, -0.05) is 19.1 Å². The van der Waals surface area contributed by atoms with E-state index in [4.69, 9.17) is 27.4 Å². The molecule has 2 N–H and O–H groups in total. The molecule has 2 aromatic rings. The van der Waals surface area contributed by atoms with Crippen molar-refractivity contribution in [1.29, 1.82) is 0 Å². The molecule has 1 aromatic carbocycles. The lowest BCUT2D eigenvalue weighted by Crippen LogP contribution is -2.18. The maximum Gasteiger partial charge on any atom is 0.163 e. The Bertz CT molecular complexity index is 637. The smallest absolute Gasteiger partial charge is 0.163 e. The largest absolute Gasteiger partial charge is 0.493 e. The van der Waals surface area contributed by atoms with E-state index in [-0.39, 0.29) is 0 Å². The van der Waals surface area contributed by atoms with E-state index in [0.717, 1.165) is 29.7 Å². The van der Waals surface area contributed by atoms with E-state index >= 15 is 0 Å². The molecule has 1 heterocycles. The van der Waals surface area contributed by atoms with Crippen molar-refractivity contribution in [2.45, 2.75) is 26.3 Å². The number of fused-ring (bicyclic) bond motifs is 1. The summed E-state index contributed by atoms with van der Waals surface area (Å²) in [5.74, 6) is 2.32. The Kier molecular flexibility index (Phi) is 4.44. The molecule has 0 fully saturated rings. The van der Waals surface area contributed by atoms with Gasteiger partial charge in [-0.25, -0.2) is 4.98 Å². The first-order valence-electron chi connectivity index (χ1n) is 6.50. The Morgan fingerprint density at radius 3 is 2.50 bits per heavy atom. The summed E-state index contributed by atoms with van der Waals surface area (Å²) in [6, 6.07) is 3.79. The quantitative estimate of drug-likeness (QED) is 0.828. The highest BCUT2D eigenvalue weighted by Crippen LogP contribution is 2.32. The van der Waals surface area contributed by atoms with Crippen LogP contribution in [-0.4, -0.2) is 28.8 Å². The summed E-state index contributed by atoms with van der Waals surface area (Å²) >= 11 is 5.03. The summed E-state index contributed by atoms with van der Waals surface area (Å²) in [4.78, 5) is 5.09. The van der Waals surface area contributed by atoms with Crippen LogP contribution in [0.25, 0.3) is 11.0 Å². The Labute approximate surface area is 123 Å². The van der Waals surface area contributed by atoms with Gasteiger partial charge in [0.05, 0.1) is 36.8 Å². The van der Waals surface area contributed by atoms with Crippen molar-refractivity contribution >= 4 is 28.2 Å². The molecule has 0 saturated heterocycles. The molecule has 0 amide bonds. The minimum atomic E-state index is 0.441. The number of rotatable bonds is 6. The SMILES string of the molecule is CCCc1nc2cc(OC)c(OC)cc2n1CC(N)=S. The first kappa shape index (κ1) is 14.6. The molecule has 0 aliphatic carbocycles. The molecule has 0 aliphatic heterocycles. The molecule has 5 nitrogen and oxygen atoms in total. The number of hydrogen-bond donors (Lipinski definition) is 1. The number of methoxy groups -OCH3 is 2. The van der Waals surface area contributed by atoms with Crippen LogP contribution < -0.4 is 15.2 Å². The summed E-state index contributed by atoms with van der Waals surface area (Å²) in [7, 11) is 3.23. The minimum absolute atomic E-state index is 0.441. The van der Waals surface area contributed by atoms with Crippen molar-refractivity contribution in [3.05, 3.63) is 18.0 Å². The molecule has 0 saturated carbocycles. The average molecular weight is 293 g/mol. The molecule has 0 bridgehead atoms. The normalized spacial score (nSPS) is 10.8. The zero-order valence-electron chi connectivity index (χ0n) is 12.0. The molecule has 0 aliphatic rings. The number of nitrogens with zero attached hydrogens (tertiary/aromatic N) is 2. The van der Waals surface area contributed by atoms with E-state index < -0.39 is 0 Å². The second-order valence-corrected chi connectivity index (χ2v) is 5.05. The van der Waals surface area contributed by atoms with E-state index in [2.05, 4.69) is 11.9 Å². The maximum absolute atomic E-state index is 5.69. The van der Waals surface area contributed by atoms with Gasteiger partial charge in [-0.2, -0.15) is 0 Å². The molecule has 6 heteroatoms. The van der Waals surface area contributed by atoms with Gasteiger partial charge in [0.15, 0.2) is 11.5 Å². The molecule has 0 atom stereocenters. The predicted octanol–water partition coefficient (Wildman–Crippen LogP) is 2.29. The van der Waals surface area contributed by atoms with Crippen LogP contribution in [0, 0.1) is 0 Å². The van der Waals surface area contributed by atoms with Gasteiger partial charge < -0.3 is 19.8 Å². The van der Waals surface area contributed by atoms with Crippen molar-refractivity contribution in [2.24, 2.45) is 5.73 Å². The fourth-order valence-electron chi connectivity index (χ4n) is 2.25. The standard InChI is InChI=1S/C14H19N3O2S/c1-4-5-14-16-9-6-11(18-2)12(19-3)7-10(9)17(14)8-13(15)20/h6-7H,4-5,8H2,1-3H3,(H2,15,20). The number of thiocarbonyl (C=S) groups is 1. The summed E-state index contributed by atoms with van der Waals surface area (Å²) in [5, 5.41) is 0. The maximum atomic E-state index is 5.69. The third kappa shape index (κ3) is 2.70. The summed E-state index contributed by atoms with van der Waals surface area (Å²) in [6.45, 7) is 2.60. The van der Waals surface area contributed by atoms with Gasteiger partial charge >= 0.3 is 0 Å². The molecule has 108 valence electrons. The molecule has 20 heavy (non-hydrogen) atoms. The molecular weight excluding hydrogens is 274 g/mol. The predicted molar refractivity (Wildman–Crippen MR) is 83.6 cm³/mol. The highest BCUT2D eigenvalue weighted by molar-refractivity contribution is 7.80. The van der Waals surface area contributed by atoms with Gasteiger partial charge in [0.2, 0.25) is 0 Å². The lowest BCUT2D eigenvalue weighted by Gasteiger charge is -2.10. The van der Waals surface area contributed by atoms with Crippen molar-refractivity contribution < 1.29 is 9.47 Å². The Hall–Kier alpha value is -1.82. The minimum Gasteiger partial charge on any atom is -0.493 e. The third-order valence-electron chi connectivity index (χ3n) is 3.12. The van der Waals surface area contributed by atoms with Gasteiger partial charge in [-0.05, 0) is 6.42 Å². The van der Waals surface area contributed by atoms with E-state index in [9.17, 15) is 0 Å². The fourth-order valence-corrected chi connectivity index (χ4v) is 2.38. The van der Waals surface area contributed by atoms with Gasteiger partial charge in [0, 0.05) is 18.6 Å². The third-order valence-corrected chi connectivity index (χ3v) is 3.25. The van der Waals surface area contributed by atoms with Crippen LogP contribution >= 0.6 is 12.2 Å². The number of aromatic nitrogens is 2. The molecule has 0 unspecified atom stereocenters. The van der Waals surface area contributed by atoms with E-state index in [0.29, 0.717) is 23.0 Å². The zero-order valence-corrected chi connectivity index (χ0v) is 12.8. The Morgan fingerprint density at radius 2 is 1.95 bits per heavy atom. The summed E-state index contributed by atoms with van der Waals surface area (Å²) in [5.41, 5.74) is 7.51. The highest BCUT2D eigenvalue weighted by Gasteiger charge is 2.15. The molecule has 0 spiro atoms. The first-order chi connectivity index (χ1) is 9.60. The molecular formula is C14H19N3O2S. The second-order valence-electron chi connectivity index (χ2n) is 4.53. The van der Waals surface area contributed by atoms with Crippen LogP contribution in [0.2, 0.25) is 0 Å². The van der Waals surface area contributed by atoms with Gasteiger partial charge in [0.1, 0.15) is 5.82 Å². The molecule has 0 radical (unpaired) electrons. The van der Waals surface area contributed by atoms with Crippen LogP contribution in [0.1, 0.15) is 19.2 Å². The zero-order chi connectivity index (χ0) is 14.7. The van der Waals surface area contributed by atoms with Gasteiger partial charge in [-0.3, -0.25) is 0 Å². The number of nitrogens with two attached hydrogens (primary N) is 1. The van der Waals surface area contributed by atoms with Gasteiger partial charge in [-0.15, -0.1) is 0 Å². The van der Waals surface area contributed by atoms with E-state index in [1.54, 1.807) is 14.2 Å². The topological polar surface area (TPSA) is 62.3 Å². The average Bonchev–Trinajstić information content (AvgIpc) is 2.74. The first-order valence-corrected chi connectivity index (χ1v) is 6.91. The number of ether oxygens (including phenoxy) is 2. The number of hydrogen-bond acceptors (Lipinski definition) is 4. The van der Waals surface area contributed by atoms with E-state index in [1.165, 1.54) is 0 Å². The molecule has 1 aromatic heterocycles.